The minimum Gasteiger partial charge on any atom is -0.444 e. The van der Waals surface area contributed by atoms with E-state index in [-0.39, 0.29) is 12.6 Å². The molecule has 1 aliphatic rings. The molecule has 3 aromatic heterocycles. The van der Waals surface area contributed by atoms with E-state index in [0.29, 0.717) is 30.2 Å². The second kappa shape index (κ2) is 12.6. The van der Waals surface area contributed by atoms with Gasteiger partial charge in [-0.2, -0.15) is 0 Å². The maximum atomic E-state index is 13.7. The van der Waals surface area contributed by atoms with Crippen LogP contribution in [-0.2, 0) is 22.6 Å². The van der Waals surface area contributed by atoms with Gasteiger partial charge in [0.05, 0.1) is 24.8 Å². The monoisotopic (exact) mass is 618 g/mol. The number of hydrogen-bond donors (Lipinski definition) is 0. The topological polar surface area (TPSA) is 104 Å². The number of fused-ring (bicyclic) bond motifs is 1. The van der Waals surface area contributed by atoms with Crippen LogP contribution in [0.2, 0.25) is 0 Å². The Morgan fingerprint density at radius 2 is 1.77 bits per heavy atom. The van der Waals surface area contributed by atoms with Gasteiger partial charge in [-0.1, -0.05) is 23.8 Å². The third-order valence-corrected chi connectivity index (χ3v) is 8.05. The predicted molar refractivity (Wildman–Crippen MR) is 172 cm³/mol. The number of carbonyl (C=O) groups is 2. The summed E-state index contributed by atoms with van der Waals surface area (Å²) in [5.74, 6) is 0.431. The number of ether oxygens (including phenoxy) is 2. The molecule has 1 aromatic carbocycles. The Morgan fingerprint density at radius 3 is 2.43 bits per heavy atom. The van der Waals surface area contributed by atoms with Crippen LogP contribution >= 0.6 is 11.8 Å². The zero-order valence-electron chi connectivity index (χ0n) is 26.7. The number of carbonyl (C=O) groups excluding carboxylic acids is 2. The lowest BCUT2D eigenvalue weighted by Crippen LogP contribution is -2.41. The average molecular weight is 619 g/mol. The van der Waals surface area contributed by atoms with Gasteiger partial charge in [-0.25, -0.2) is 18.8 Å². The van der Waals surface area contributed by atoms with E-state index in [1.165, 1.54) is 6.42 Å². The zero-order chi connectivity index (χ0) is 31.6. The molecule has 44 heavy (non-hydrogen) atoms. The Morgan fingerprint density at radius 1 is 1.02 bits per heavy atom. The van der Waals surface area contributed by atoms with Crippen LogP contribution < -0.4 is 0 Å². The minimum absolute atomic E-state index is 0.226. The van der Waals surface area contributed by atoms with Gasteiger partial charge in [0, 0.05) is 40.5 Å². The summed E-state index contributed by atoms with van der Waals surface area (Å²) < 4.78 is 15.0. The van der Waals surface area contributed by atoms with Crippen molar-refractivity contribution in [3.05, 3.63) is 60.2 Å². The fourth-order valence-electron chi connectivity index (χ4n) is 5.12. The van der Waals surface area contributed by atoms with E-state index in [1.807, 2.05) is 90.5 Å². The van der Waals surface area contributed by atoms with Crippen LogP contribution in [0.15, 0.2) is 53.8 Å². The molecular formula is C33H42N6O4S. The third-order valence-electron chi connectivity index (χ3n) is 7.36. The summed E-state index contributed by atoms with van der Waals surface area (Å²) in [6, 6.07) is 9.98. The smallest absolute Gasteiger partial charge is 0.419 e. The molecule has 0 spiro atoms. The van der Waals surface area contributed by atoms with E-state index in [4.69, 9.17) is 9.47 Å². The van der Waals surface area contributed by atoms with Crippen molar-refractivity contribution in [1.29, 1.82) is 0 Å². The van der Waals surface area contributed by atoms with E-state index in [0.717, 1.165) is 39.9 Å². The molecule has 3 heterocycles. The SMILES string of the molecule is CSc1cncc(-c2cn(Cc3ccc4cc(CN(CC5CCC5)C(=O)OC(C)(C)C)n(C(=O)OC(C)(C)C)c4c3)nn2)c1. The lowest BCUT2D eigenvalue weighted by Gasteiger charge is -2.33. The highest BCUT2D eigenvalue weighted by atomic mass is 32.2. The molecule has 10 nitrogen and oxygen atoms in total. The van der Waals surface area contributed by atoms with Crippen LogP contribution in [0.4, 0.5) is 9.59 Å². The zero-order valence-corrected chi connectivity index (χ0v) is 27.5. The summed E-state index contributed by atoms with van der Waals surface area (Å²) in [5, 5.41) is 9.57. The first-order chi connectivity index (χ1) is 20.8. The highest BCUT2D eigenvalue weighted by molar-refractivity contribution is 7.98. The molecule has 234 valence electrons. The summed E-state index contributed by atoms with van der Waals surface area (Å²) in [6.07, 6.45) is 9.97. The third kappa shape index (κ3) is 7.80. The molecule has 0 aliphatic heterocycles. The molecule has 1 fully saturated rings. The molecule has 1 amide bonds. The van der Waals surface area contributed by atoms with Crippen LogP contribution in [0.1, 0.15) is 72.1 Å². The number of benzene rings is 1. The van der Waals surface area contributed by atoms with Crippen LogP contribution in [0.25, 0.3) is 22.2 Å². The van der Waals surface area contributed by atoms with Crippen molar-refractivity contribution in [1.82, 2.24) is 29.4 Å². The summed E-state index contributed by atoms with van der Waals surface area (Å²) in [4.78, 5) is 34.1. The number of pyridine rings is 1. The summed E-state index contributed by atoms with van der Waals surface area (Å²) in [6.45, 7) is 12.4. The van der Waals surface area contributed by atoms with Crippen molar-refractivity contribution in [2.45, 2.75) is 90.0 Å². The fraction of sp³-hybridized carbons (Fsp3) is 0.485. The number of aromatic nitrogens is 5. The van der Waals surface area contributed by atoms with Gasteiger partial charge >= 0.3 is 12.2 Å². The van der Waals surface area contributed by atoms with Gasteiger partial charge in [0.25, 0.3) is 0 Å². The predicted octanol–water partition coefficient (Wildman–Crippen LogP) is 7.39. The van der Waals surface area contributed by atoms with Crippen molar-refractivity contribution < 1.29 is 19.1 Å². The molecule has 0 radical (unpaired) electrons. The first-order valence-electron chi connectivity index (χ1n) is 15.0. The number of amides is 1. The molecule has 0 unspecified atom stereocenters. The number of thioether (sulfide) groups is 1. The number of nitrogens with zero attached hydrogens (tertiary/aromatic N) is 6. The van der Waals surface area contributed by atoms with E-state index in [9.17, 15) is 9.59 Å². The van der Waals surface area contributed by atoms with Crippen LogP contribution in [0, 0.1) is 5.92 Å². The Bertz CT molecular complexity index is 1640. The van der Waals surface area contributed by atoms with Gasteiger partial charge in [-0.3, -0.25) is 4.98 Å². The molecule has 0 bridgehead atoms. The average Bonchev–Trinajstić information content (AvgIpc) is 3.52. The van der Waals surface area contributed by atoms with Crippen LogP contribution in [0.5, 0.6) is 0 Å². The normalized spacial score (nSPS) is 14.0. The highest BCUT2D eigenvalue weighted by Gasteiger charge is 2.30. The Hall–Kier alpha value is -3.86. The fourth-order valence-corrected chi connectivity index (χ4v) is 5.53. The van der Waals surface area contributed by atoms with E-state index >= 15 is 0 Å². The Balaban J connectivity index is 1.47. The lowest BCUT2D eigenvalue weighted by atomic mass is 9.85. The summed E-state index contributed by atoms with van der Waals surface area (Å²) in [5.41, 5.74) is 2.63. The second-order valence-corrected chi connectivity index (χ2v) is 14.3. The molecule has 5 rings (SSSR count). The first-order valence-corrected chi connectivity index (χ1v) is 16.2. The lowest BCUT2D eigenvalue weighted by molar-refractivity contribution is 0.0163. The maximum absolute atomic E-state index is 13.7. The summed E-state index contributed by atoms with van der Waals surface area (Å²) in [7, 11) is 0. The quantitative estimate of drug-likeness (QED) is 0.188. The Labute approximate surface area is 263 Å². The van der Waals surface area contributed by atoms with Crippen LogP contribution in [-0.4, -0.2) is 65.6 Å². The van der Waals surface area contributed by atoms with E-state index in [1.54, 1.807) is 32.1 Å². The molecule has 1 aliphatic carbocycles. The number of rotatable bonds is 8. The van der Waals surface area contributed by atoms with Crippen molar-refractivity contribution >= 4 is 34.9 Å². The molecule has 0 saturated heterocycles. The molecule has 0 N–H and O–H groups in total. The minimum atomic E-state index is -0.696. The van der Waals surface area contributed by atoms with E-state index in [2.05, 4.69) is 15.3 Å². The summed E-state index contributed by atoms with van der Waals surface area (Å²) >= 11 is 1.62. The van der Waals surface area contributed by atoms with Gasteiger partial charge < -0.3 is 14.4 Å². The van der Waals surface area contributed by atoms with Gasteiger partial charge in [-0.05, 0) is 90.3 Å². The largest absolute Gasteiger partial charge is 0.444 e. The standard InChI is InChI=1S/C33H42N6O4S/c1-32(2,3)42-30(40)37(18-22-9-8-10-22)20-26-14-24-12-11-23(13-29(24)39(26)31(41)43-33(4,5)6)19-38-21-28(35-36-38)25-15-27(44-7)17-34-16-25/h11-17,21-22H,8-10,18-20H2,1-7H3. The van der Waals surface area contributed by atoms with Crippen molar-refractivity contribution in [2.75, 3.05) is 12.8 Å². The van der Waals surface area contributed by atoms with Crippen LogP contribution in [0.3, 0.4) is 0 Å². The molecular weight excluding hydrogens is 576 g/mol. The van der Waals surface area contributed by atoms with Gasteiger partial charge in [0.2, 0.25) is 0 Å². The Kier molecular flexibility index (Phi) is 9.06. The van der Waals surface area contributed by atoms with Gasteiger partial charge in [0.1, 0.15) is 16.9 Å². The van der Waals surface area contributed by atoms with Gasteiger partial charge in [-0.15, -0.1) is 16.9 Å². The van der Waals surface area contributed by atoms with Gasteiger partial charge in [0.15, 0.2) is 0 Å². The number of hydrogen-bond acceptors (Lipinski definition) is 8. The van der Waals surface area contributed by atoms with Crippen molar-refractivity contribution in [3.63, 3.8) is 0 Å². The highest BCUT2D eigenvalue weighted by Crippen LogP contribution is 2.30. The van der Waals surface area contributed by atoms with E-state index < -0.39 is 17.3 Å². The molecule has 1 saturated carbocycles. The molecule has 0 atom stereocenters. The second-order valence-electron chi connectivity index (χ2n) is 13.4. The first kappa shape index (κ1) is 31.6. The van der Waals surface area contributed by atoms with Crippen molar-refractivity contribution in [2.24, 2.45) is 5.92 Å². The molecule has 4 aromatic rings. The maximum Gasteiger partial charge on any atom is 0.419 e. The molecule has 11 heteroatoms. The van der Waals surface area contributed by atoms with Crippen molar-refractivity contribution in [3.8, 4) is 11.3 Å².